The predicted molar refractivity (Wildman–Crippen MR) is 97.6 cm³/mol. The Morgan fingerprint density at radius 1 is 1.04 bits per heavy atom. The molecule has 3 rings (SSSR count). The molecule has 0 saturated heterocycles. The molecule has 3 nitrogen and oxygen atoms in total. The van der Waals surface area contributed by atoms with Crippen LogP contribution in [0, 0.1) is 6.92 Å². The predicted octanol–water partition coefficient (Wildman–Crippen LogP) is 4.65. The number of amides is 1. The van der Waals surface area contributed by atoms with Crippen molar-refractivity contribution in [3.8, 4) is 5.75 Å². The van der Waals surface area contributed by atoms with E-state index in [0.717, 1.165) is 27.6 Å². The molecular weight excluding hydrogens is 298 g/mol. The van der Waals surface area contributed by atoms with Crippen LogP contribution in [-0.4, -0.2) is 13.0 Å². The Morgan fingerprint density at radius 3 is 2.58 bits per heavy atom. The van der Waals surface area contributed by atoms with Crippen LogP contribution in [0.3, 0.4) is 0 Å². The molecule has 3 aromatic rings. The van der Waals surface area contributed by atoms with Crippen molar-refractivity contribution in [1.29, 1.82) is 0 Å². The van der Waals surface area contributed by atoms with E-state index in [2.05, 4.69) is 5.32 Å². The van der Waals surface area contributed by atoms with Crippen molar-refractivity contribution in [1.82, 2.24) is 5.32 Å². The van der Waals surface area contributed by atoms with Gasteiger partial charge in [0.1, 0.15) is 5.75 Å². The molecule has 3 aromatic carbocycles. The summed E-state index contributed by atoms with van der Waals surface area (Å²) in [6, 6.07) is 19.5. The van der Waals surface area contributed by atoms with Crippen molar-refractivity contribution >= 4 is 16.7 Å². The largest absolute Gasteiger partial charge is 0.496 e. The van der Waals surface area contributed by atoms with Crippen LogP contribution in [0.1, 0.15) is 34.5 Å². The molecule has 24 heavy (non-hydrogen) atoms. The van der Waals surface area contributed by atoms with E-state index in [-0.39, 0.29) is 11.9 Å². The van der Waals surface area contributed by atoms with Crippen molar-refractivity contribution < 1.29 is 9.53 Å². The first-order valence-corrected chi connectivity index (χ1v) is 8.03. The minimum Gasteiger partial charge on any atom is -0.496 e. The van der Waals surface area contributed by atoms with E-state index in [0.29, 0.717) is 5.56 Å². The minimum absolute atomic E-state index is 0.0807. The first-order chi connectivity index (χ1) is 11.6. The number of ether oxygens (including phenoxy) is 1. The number of rotatable bonds is 4. The second-order valence-electron chi connectivity index (χ2n) is 5.97. The third kappa shape index (κ3) is 3.11. The standard InChI is InChI=1S/C21H21NO2/c1-14-11-12-20(24-3)19(13-14)15(2)22-21(23)18-10-6-8-16-7-4-5-9-17(16)18/h4-13,15H,1-3H3,(H,22,23). The molecule has 0 saturated carbocycles. The normalized spacial score (nSPS) is 12.0. The van der Waals surface area contributed by atoms with Crippen molar-refractivity contribution in [2.75, 3.05) is 7.11 Å². The lowest BCUT2D eigenvalue weighted by atomic mass is 10.0. The zero-order valence-electron chi connectivity index (χ0n) is 14.2. The molecule has 1 amide bonds. The van der Waals surface area contributed by atoms with Crippen molar-refractivity contribution in [3.05, 3.63) is 77.4 Å². The van der Waals surface area contributed by atoms with Crippen LogP contribution in [0.15, 0.2) is 60.7 Å². The molecule has 0 radical (unpaired) electrons. The maximum atomic E-state index is 12.8. The summed E-state index contributed by atoms with van der Waals surface area (Å²) in [5.74, 6) is 0.703. The molecule has 0 heterocycles. The second kappa shape index (κ2) is 6.75. The second-order valence-corrected chi connectivity index (χ2v) is 5.97. The first-order valence-electron chi connectivity index (χ1n) is 8.03. The van der Waals surface area contributed by atoms with E-state index in [1.54, 1.807) is 7.11 Å². The molecule has 0 bridgehead atoms. The van der Waals surface area contributed by atoms with Crippen LogP contribution in [0.25, 0.3) is 10.8 Å². The topological polar surface area (TPSA) is 38.3 Å². The van der Waals surface area contributed by atoms with E-state index in [9.17, 15) is 4.79 Å². The van der Waals surface area contributed by atoms with Crippen LogP contribution in [0.5, 0.6) is 5.75 Å². The number of hydrogen-bond donors (Lipinski definition) is 1. The highest BCUT2D eigenvalue weighted by atomic mass is 16.5. The molecule has 1 unspecified atom stereocenters. The zero-order chi connectivity index (χ0) is 17.1. The van der Waals surface area contributed by atoms with Crippen LogP contribution in [0.4, 0.5) is 0 Å². The number of benzene rings is 3. The summed E-state index contributed by atoms with van der Waals surface area (Å²) >= 11 is 0. The Hall–Kier alpha value is -2.81. The number of aryl methyl sites for hydroxylation is 1. The number of fused-ring (bicyclic) bond motifs is 1. The summed E-state index contributed by atoms with van der Waals surface area (Å²) in [6.07, 6.45) is 0. The first kappa shape index (κ1) is 16.1. The van der Waals surface area contributed by atoms with Crippen molar-refractivity contribution in [2.45, 2.75) is 19.9 Å². The van der Waals surface area contributed by atoms with Crippen molar-refractivity contribution in [2.24, 2.45) is 0 Å². The summed E-state index contributed by atoms with van der Waals surface area (Å²) in [4.78, 5) is 12.8. The molecule has 0 spiro atoms. The fourth-order valence-electron chi connectivity index (χ4n) is 2.97. The molecule has 3 heteroatoms. The lowest BCUT2D eigenvalue weighted by Crippen LogP contribution is -2.27. The van der Waals surface area contributed by atoms with Gasteiger partial charge in [-0.05, 0) is 36.8 Å². The van der Waals surface area contributed by atoms with Gasteiger partial charge in [-0.3, -0.25) is 4.79 Å². The molecule has 0 aliphatic heterocycles. The van der Waals surface area contributed by atoms with Crippen molar-refractivity contribution in [3.63, 3.8) is 0 Å². The number of hydrogen-bond acceptors (Lipinski definition) is 2. The highest BCUT2D eigenvalue weighted by Gasteiger charge is 2.16. The zero-order valence-corrected chi connectivity index (χ0v) is 14.2. The molecule has 0 aromatic heterocycles. The SMILES string of the molecule is COc1ccc(C)cc1C(C)NC(=O)c1cccc2ccccc12. The number of methoxy groups -OCH3 is 1. The number of nitrogens with one attached hydrogen (secondary N) is 1. The Morgan fingerprint density at radius 2 is 1.79 bits per heavy atom. The van der Waals surface area contributed by atoms with E-state index in [1.807, 2.05) is 74.5 Å². The van der Waals surface area contributed by atoms with Gasteiger partial charge in [-0.2, -0.15) is 0 Å². The average Bonchev–Trinajstić information content (AvgIpc) is 2.61. The Balaban J connectivity index is 1.90. The lowest BCUT2D eigenvalue weighted by Gasteiger charge is -2.18. The van der Waals surface area contributed by atoms with Gasteiger partial charge in [0.05, 0.1) is 13.2 Å². The molecule has 0 fully saturated rings. The summed E-state index contributed by atoms with van der Waals surface area (Å²) in [5, 5.41) is 5.11. The summed E-state index contributed by atoms with van der Waals surface area (Å²) in [7, 11) is 1.65. The van der Waals surface area contributed by atoms with Gasteiger partial charge in [-0.25, -0.2) is 0 Å². The van der Waals surface area contributed by atoms with Gasteiger partial charge in [-0.15, -0.1) is 0 Å². The van der Waals surface area contributed by atoms with Gasteiger partial charge in [-0.1, -0.05) is 54.1 Å². The summed E-state index contributed by atoms with van der Waals surface area (Å²) in [6.45, 7) is 4.00. The van der Waals surface area contributed by atoms with E-state index in [1.165, 1.54) is 0 Å². The molecule has 122 valence electrons. The molecule has 0 aliphatic rings. The quantitative estimate of drug-likeness (QED) is 0.760. The highest BCUT2D eigenvalue weighted by Crippen LogP contribution is 2.27. The lowest BCUT2D eigenvalue weighted by molar-refractivity contribution is 0.0941. The molecule has 1 atom stereocenters. The van der Waals surface area contributed by atoms with Gasteiger partial charge < -0.3 is 10.1 Å². The third-order valence-electron chi connectivity index (χ3n) is 4.23. The minimum atomic E-state index is -0.147. The van der Waals surface area contributed by atoms with Crippen LogP contribution >= 0.6 is 0 Å². The fraction of sp³-hybridized carbons (Fsp3) is 0.190. The van der Waals surface area contributed by atoms with Gasteiger partial charge >= 0.3 is 0 Å². The summed E-state index contributed by atoms with van der Waals surface area (Å²) in [5.41, 5.74) is 2.80. The third-order valence-corrected chi connectivity index (χ3v) is 4.23. The van der Waals surface area contributed by atoms with E-state index < -0.39 is 0 Å². The van der Waals surface area contributed by atoms with E-state index >= 15 is 0 Å². The summed E-state index contributed by atoms with van der Waals surface area (Å²) < 4.78 is 5.43. The Kier molecular flexibility index (Phi) is 4.52. The van der Waals surface area contributed by atoms with Crippen LogP contribution in [0.2, 0.25) is 0 Å². The molecule has 1 N–H and O–H groups in total. The van der Waals surface area contributed by atoms with Gasteiger partial charge in [0, 0.05) is 11.1 Å². The fourth-order valence-corrected chi connectivity index (χ4v) is 2.97. The number of carbonyl (C=O) groups is 1. The monoisotopic (exact) mass is 319 g/mol. The number of carbonyl (C=O) groups excluding carboxylic acids is 1. The smallest absolute Gasteiger partial charge is 0.252 e. The maximum absolute atomic E-state index is 12.8. The van der Waals surface area contributed by atoms with Crippen LogP contribution in [-0.2, 0) is 0 Å². The average molecular weight is 319 g/mol. The maximum Gasteiger partial charge on any atom is 0.252 e. The Bertz CT molecular complexity index is 881. The van der Waals surface area contributed by atoms with Crippen LogP contribution < -0.4 is 10.1 Å². The Labute approximate surface area is 142 Å². The molecule has 0 aliphatic carbocycles. The highest BCUT2D eigenvalue weighted by molar-refractivity contribution is 6.07. The molecular formula is C21H21NO2. The van der Waals surface area contributed by atoms with Gasteiger partial charge in [0.2, 0.25) is 0 Å². The van der Waals surface area contributed by atoms with Gasteiger partial charge in [0.15, 0.2) is 0 Å². The van der Waals surface area contributed by atoms with Gasteiger partial charge in [0.25, 0.3) is 5.91 Å². The van der Waals surface area contributed by atoms with E-state index in [4.69, 9.17) is 4.74 Å².